The lowest BCUT2D eigenvalue weighted by molar-refractivity contribution is -0.149. The van der Waals surface area contributed by atoms with Gasteiger partial charge in [-0.3, -0.25) is 10.6 Å². The van der Waals surface area contributed by atoms with Crippen LogP contribution < -0.4 is 11.2 Å². The van der Waals surface area contributed by atoms with Crippen molar-refractivity contribution in [2.24, 2.45) is 17.2 Å². The van der Waals surface area contributed by atoms with Crippen molar-refractivity contribution >= 4 is 23.7 Å². The Labute approximate surface area is 131 Å². The Hall–Kier alpha value is -0.850. The first-order chi connectivity index (χ1) is 9.68. The second-order valence-corrected chi connectivity index (χ2v) is 7.05. The summed E-state index contributed by atoms with van der Waals surface area (Å²) < 4.78 is 5.71. The normalized spacial score (nSPS) is 19.4. The Morgan fingerprint density at radius 1 is 1.33 bits per heavy atom. The largest absolute Gasteiger partial charge is 0.467 e. The zero-order valence-corrected chi connectivity index (χ0v) is 13.9. The number of esters is 1. The van der Waals surface area contributed by atoms with Crippen LogP contribution in [0.3, 0.4) is 0 Å². The Balaban J connectivity index is 2.85. The summed E-state index contributed by atoms with van der Waals surface area (Å²) in [5.74, 6) is 4.95. The van der Waals surface area contributed by atoms with Crippen LogP contribution in [-0.4, -0.2) is 35.6 Å². The van der Waals surface area contributed by atoms with Gasteiger partial charge in [0.25, 0.3) is 0 Å². The number of halogens is 1. The van der Waals surface area contributed by atoms with Crippen LogP contribution in [0, 0.1) is 11.3 Å². The topological polar surface area (TPSA) is 84.7 Å². The molecule has 2 atom stereocenters. The number of nitrogens with two attached hydrogens (primary N) is 1. The van der Waals surface area contributed by atoms with E-state index in [1.807, 2.05) is 20.8 Å². The lowest BCUT2D eigenvalue weighted by Crippen LogP contribution is -2.57. The van der Waals surface area contributed by atoms with Gasteiger partial charge in [0.05, 0.1) is 7.11 Å². The van der Waals surface area contributed by atoms with Gasteiger partial charge < -0.3 is 10.1 Å². The summed E-state index contributed by atoms with van der Waals surface area (Å²) in [4.78, 5) is 24.4. The van der Waals surface area contributed by atoms with Crippen molar-refractivity contribution in [3.05, 3.63) is 0 Å². The van der Waals surface area contributed by atoms with Crippen molar-refractivity contribution in [3.8, 4) is 0 Å². The quantitative estimate of drug-likeness (QED) is 0.348. The van der Waals surface area contributed by atoms with Gasteiger partial charge in [0.15, 0.2) is 0 Å². The number of hydrogen-bond donors (Lipinski definition) is 2. The van der Waals surface area contributed by atoms with Crippen molar-refractivity contribution in [2.45, 2.75) is 58.5 Å². The molecule has 1 aliphatic rings. The SMILES string of the molecule is COC(=O)[C@@H](NC(=O)[C@H](C1CCCC1)N(N)Cl)C(C)(C)C. The molecular formula is C14H26ClN3O3. The van der Waals surface area contributed by atoms with Crippen LogP contribution in [0.25, 0.3) is 0 Å². The molecule has 0 radical (unpaired) electrons. The monoisotopic (exact) mass is 319 g/mol. The molecule has 0 aromatic rings. The van der Waals surface area contributed by atoms with Gasteiger partial charge in [0.2, 0.25) is 5.91 Å². The molecule has 6 nitrogen and oxygen atoms in total. The molecule has 0 aliphatic heterocycles. The van der Waals surface area contributed by atoms with Crippen molar-refractivity contribution in [1.29, 1.82) is 0 Å². The van der Waals surface area contributed by atoms with E-state index in [0.717, 1.165) is 30.2 Å². The van der Waals surface area contributed by atoms with Crippen LogP contribution in [0.4, 0.5) is 0 Å². The minimum atomic E-state index is -0.740. The number of carbonyl (C=O) groups excluding carboxylic acids is 2. The fourth-order valence-electron chi connectivity index (χ4n) is 2.78. The summed E-state index contributed by atoms with van der Waals surface area (Å²) in [6, 6.07) is -1.38. The average Bonchev–Trinajstić information content (AvgIpc) is 2.87. The molecule has 0 heterocycles. The van der Waals surface area contributed by atoms with Crippen LogP contribution in [0.1, 0.15) is 46.5 Å². The van der Waals surface area contributed by atoms with Gasteiger partial charge in [-0.25, -0.2) is 4.79 Å². The second-order valence-electron chi connectivity index (χ2n) is 6.66. The first-order valence-electron chi connectivity index (χ1n) is 7.26. The highest BCUT2D eigenvalue weighted by molar-refractivity contribution is 6.14. The van der Waals surface area contributed by atoms with Gasteiger partial charge in [-0.2, -0.15) is 0 Å². The molecule has 0 aromatic heterocycles. The van der Waals surface area contributed by atoms with Crippen molar-refractivity contribution < 1.29 is 14.3 Å². The highest BCUT2D eigenvalue weighted by atomic mass is 35.5. The van der Waals surface area contributed by atoms with Gasteiger partial charge in [0, 0.05) is 0 Å². The molecule has 1 aliphatic carbocycles. The number of hydrazine groups is 1. The molecule has 3 N–H and O–H groups in total. The van der Waals surface area contributed by atoms with Crippen LogP contribution in [0.2, 0.25) is 0 Å². The first kappa shape index (κ1) is 18.2. The summed E-state index contributed by atoms with van der Waals surface area (Å²) in [6.45, 7) is 5.58. The van der Waals surface area contributed by atoms with Crippen LogP contribution in [0.15, 0.2) is 0 Å². The van der Waals surface area contributed by atoms with Gasteiger partial charge in [-0.15, -0.1) is 4.53 Å². The highest BCUT2D eigenvalue weighted by Crippen LogP contribution is 2.30. The molecule has 0 unspecified atom stereocenters. The number of nitrogens with zero attached hydrogens (tertiary/aromatic N) is 1. The van der Waals surface area contributed by atoms with Crippen LogP contribution in [0.5, 0.6) is 0 Å². The Bertz CT molecular complexity index is 376. The third kappa shape index (κ3) is 4.83. The van der Waals surface area contributed by atoms with E-state index in [9.17, 15) is 9.59 Å². The number of ether oxygens (including phenoxy) is 1. The van der Waals surface area contributed by atoms with E-state index in [1.54, 1.807) is 0 Å². The molecule has 1 saturated carbocycles. The lowest BCUT2D eigenvalue weighted by atomic mass is 9.86. The minimum absolute atomic E-state index is 0.116. The Morgan fingerprint density at radius 3 is 2.24 bits per heavy atom. The van der Waals surface area contributed by atoms with Crippen molar-refractivity contribution in [3.63, 3.8) is 0 Å². The number of nitrogens with one attached hydrogen (secondary N) is 1. The maximum absolute atomic E-state index is 12.5. The molecular weight excluding hydrogens is 294 g/mol. The van der Waals surface area contributed by atoms with Gasteiger partial charge in [-0.05, 0) is 36.0 Å². The number of hydrogen-bond acceptors (Lipinski definition) is 5. The molecule has 1 fully saturated rings. The number of amides is 1. The Kier molecular flexibility index (Phi) is 6.43. The number of carbonyl (C=O) groups is 2. The molecule has 0 aromatic carbocycles. The zero-order valence-electron chi connectivity index (χ0n) is 13.2. The molecule has 0 bridgehead atoms. The number of rotatable bonds is 5. The summed E-state index contributed by atoms with van der Waals surface area (Å²) in [7, 11) is 1.30. The third-order valence-corrected chi connectivity index (χ3v) is 4.18. The summed E-state index contributed by atoms with van der Waals surface area (Å²) >= 11 is 5.86. The predicted octanol–water partition coefficient (Wildman–Crippen LogP) is 1.58. The zero-order chi connectivity index (χ0) is 16.2. The fraction of sp³-hybridized carbons (Fsp3) is 0.857. The van der Waals surface area contributed by atoms with E-state index < -0.39 is 23.5 Å². The molecule has 1 amide bonds. The highest BCUT2D eigenvalue weighted by Gasteiger charge is 2.39. The van der Waals surface area contributed by atoms with Crippen molar-refractivity contribution in [1.82, 2.24) is 9.84 Å². The summed E-state index contributed by atoms with van der Waals surface area (Å²) in [5.41, 5.74) is -0.464. The summed E-state index contributed by atoms with van der Waals surface area (Å²) in [6.07, 6.45) is 3.96. The van der Waals surface area contributed by atoms with Crippen molar-refractivity contribution in [2.75, 3.05) is 7.11 Å². The molecule has 7 heteroatoms. The fourth-order valence-corrected chi connectivity index (χ4v) is 3.02. The molecule has 0 saturated heterocycles. The smallest absolute Gasteiger partial charge is 0.328 e. The lowest BCUT2D eigenvalue weighted by Gasteiger charge is -2.32. The van der Waals surface area contributed by atoms with Crippen LogP contribution >= 0.6 is 11.8 Å². The van der Waals surface area contributed by atoms with E-state index in [1.165, 1.54) is 7.11 Å². The Morgan fingerprint density at radius 2 is 1.86 bits per heavy atom. The predicted molar refractivity (Wildman–Crippen MR) is 81.0 cm³/mol. The van der Waals surface area contributed by atoms with Crippen LogP contribution in [-0.2, 0) is 14.3 Å². The number of methoxy groups -OCH3 is 1. The van der Waals surface area contributed by atoms with E-state index >= 15 is 0 Å². The summed E-state index contributed by atoms with van der Waals surface area (Å²) in [5, 5.41) is 2.75. The second kappa shape index (κ2) is 7.42. The molecule has 122 valence electrons. The standard InChI is InChI=1S/C14H26ClN3O3/c1-14(2,3)11(13(20)21-4)17-12(19)10(18(15)16)9-7-5-6-8-9/h9-11H,5-8,16H2,1-4H3,(H,17,19)/t10-,11+/m0/s1. The third-order valence-electron chi connectivity index (χ3n) is 3.97. The van der Waals surface area contributed by atoms with E-state index in [2.05, 4.69) is 5.32 Å². The minimum Gasteiger partial charge on any atom is -0.467 e. The van der Waals surface area contributed by atoms with E-state index in [0.29, 0.717) is 0 Å². The van der Waals surface area contributed by atoms with Gasteiger partial charge in [0.1, 0.15) is 12.1 Å². The first-order valence-corrected chi connectivity index (χ1v) is 7.60. The molecule has 21 heavy (non-hydrogen) atoms. The van der Waals surface area contributed by atoms with E-state index in [-0.39, 0.29) is 11.8 Å². The van der Waals surface area contributed by atoms with Gasteiger partial charge >= 0.3 is 5.97 Å². The maximum Gasteiger partial charge on any atom is 0.328 e. The maximum atomic E-state index is 12.5. The van der Waals surface area contributed by atoms with E-state index in [4.69, 9.17) is 22.4 Å². The molecule has 1 rings (SSSR count). The molecule has 0 spiro atoms. The average molecular weight is 320 g/mol. The van der Waals surface area contributed by atoms with Gasteiger partial charge in [-0.1, -0.05) is 33.6 Å².